The highest BCUT2D eigenvalue weighted by Crippen LogP contribution is 2.16. The molecule has 5 heteroatoms. The lowest BCUT2D eigenvalue weighted by Gasteiger charge is -2.21. The van der Waals surface area contributed by atoms with Gasteiger partial charge in [-0.05, 0) is 44.9 Å². The van der Waals surface area contributed by atoms with Crippen LogP contribution >= 0.6 is 0 Å². The van der Waals surface area contributed by atoms with E-state index < -0.39 is 24.2 Å². The summed E-state index contributed by atoms with van der Waals surface area (Å²) < 4.78 is 0. The van der Waals surface area contributed by atoms with Gasteiger partial charge in [-0.15, -0.1) is 0 Å². The topological polar surface area (TPSA) is 89.8 Å². The van der Waals surface area contributed by atoms with E-state index in [0.29, 0.717) is 6.42 Å². The van der Waals surface area contributed by atoms with Gasteiger partial charge in [0.1, 0.15) is 6.10 Å². The Morgan fingerprint density at radius 1 is 0.444 bits per heavy atom. The number of hydrogen-bond acceptors (Lipinski definition) is 4. The first kappa shape index (κ1) is 52.8. The van der Waals surface area contributed by atoms with Gasteiger partial charge in [-0.2, -0.15) is 0 Å². The highest BCUT2D eigenvalue weighted by molar-refractivity contribution is 5.80. The molecular weight excluding hydrogens is 667 g/mol. The van der Waals surface area contributed by atoms with Crippen LogP contribution < -0.4 is 5.32 Å². The zero-order valence-electron chi connectivity index (χ0n) is 36.4. The van der Waals surface area contributed by atoms with Crippen LogP contribution in [-0.4, -0.2) is 46.1 Å². The average molecular weight is 762 g/mol. The largest absolute Gasteiger partial charge is 0.394 e. The summed E-state index contributed by atoms with van der Waals surface area (Å²) in [6.45, 7) is 4.19. The van der Waals surface area contributed by atoms with Crippen LogP contribution in [-0.2, 0) is 4.79 Å². The maximum absolute atomic E-state index is 12.5. The monoisotopic (exact) mass is 762 g/mol. The molecule has 0 bridgehead atoms. The third kappa shape index (κ3) is 39.1. The summed E-state index contributed by atoms with van der Waals surface area (Å²) in [4.78, 5) is 12.5. The van der Waals surface area contributed by atoms with Gasteiger partial charge in [-0.3, -0.25) is 4.79 Å². The molecule has 3 unspecified atom stereocenters. The van der Waals surface area contributed by atoms with Crippen LogP contribution in [0.4, 0.5) is 0 Å². The molecule has 0 aromatic carbocycles. The van der Waals surface area contributed by atoms with Gasteiger partial charge in [0.15, 0.2) is 0 Å². The molecule has 320 valence electrons. The van der Waals surface area contributed by atoms with Crippen molar-refractivity contribution in [1.82, 2.24) is 5.32 Å². The van der Waals surface area contributed by atoms with Crippen LogP contribution in [0.15, 0.2) is 24.3 Å². The molecule has 0 aromatic heterocycles. The lowest BCUT2D eigenvalue weighted by atomic mass is 10.0. The Morgan fingerprint density at radius 2 is 0.741 bits per heavy atom. The maximum Gasteiger partial charge on any atom is 0.249 e. The van der Waals surface area contributed by atoms with Crippen molar-refractivity contribution in [3.8, 4) is 0 Å². The second kappa shape index (κ2) is 44.5. The highest BCUT2D eigenvalue weighted by atomic mass is 16.3. The van der Waals surface area contributed by atoms with Gasteiger partial charge >= 0.3 is 0 Å². The van der Waals surface area contributed by atoms with E-state index in [-0.39, 0.29) is 6.61 Å². The van der Waals surface area contributed by atoms with E-state index in [0.717, 1.165) is 32.1 Å². The number of aliphatic hydroxyl groups is 3. The van der Waals surface area contributed by atoms with E-state index in [1.165, 1.54) is 205 Å². The Morgan fingerprint density at radius 3 is 1.07 bits per heavy atom. The summed E-state index contributed by atoms with van der Waals surface area (Å²) in [6.07, 6.45) is 55.1. The number of nitrogens with one attached hydrogen (secondary N) is 1. The van der Waals surface area contributed by atoms with Crippen LogP contribution in [0.3, 0.4) is 0 Å². The van der Waals surface area contributed by atoms with Gasteiger partial charge < -0.3 is 20.6 Å². The summed E-state index contributed by atoms with van der Waals surface area (Å²) >= 11 is 0. The quantitative estimate of drug-likeness (QED) is 0.0368. The Hall–Kier alpha value is -1.17. The van der Waals surface area contributed by atoms with Crippen molar-refractivity contribution >= 4 is 5.91 Å². The first-order chi connectivity index (χ1) is 26.6. The van der Waals surface area contributed by atoms with E-state index in [9.17, 15) is 20.1 Å². The zero-order valence-corrected chi connectivity index (χ0v) is 36.4. The van der Waals surface area contributed by atoms with Crippen molar-refractivity contribution in [2.45, 2.75) is 276 Å². The Bertz CT molecular complexity index is 799. The summed E-state index contributed by atoms with van der Waals surface area (Å²) in [5, 5.41) is 33.2. The van der Waals surface area contributed by atoms with Crippen LogP contribution in [0.2, 0.25) is 0 Å². The number of carbonyl (C=O) groups is 1. The fraction of sp³-hybridized carbons (Fsp3) is 0.898. The highest BCUT2D eigenvalue weighted by Gasteiger charge is 2.22. The molecule has 0 rings (SSSR count). The Labute approximate surface area is 337 Å². The van der Waals surface area contributed by atoms with Crippen molar-refractivity contribution in [2.24, 2.45) is 0 Å². The number of aliphatic hydroxyl groups excluding tert-OH is 3. The second-order valence-electron chi connectivity index (χ2n) is 16.7. The molecule has 5 nitrogen and oxygen atoms in total. The summed E-state index contributed by atoms with van der Waals surface area (Å²) in [6, 6.07) is -0.795. The van der Waals surface area contributed by atoms with Gasteiger partial charge in [-0.25, -0.2) is 0 Å². The first-order valence-corrected chi connectivity index (χ1v) is 24.2. The molecular formula is C49H95NO4. The molecule has 0 heterocycles. The third-order valence-electron chi connectivity index (χ3n) is 11.3. The SMILES string of the molecule is CCCCCCCCCCCCC/C=C/C(O)C(CO)NC(=O)C(O)CCCCCCCCCCCCC/C=C\CCCCCCCCCCCCCC. The number of amides is 1. The maximum atomic E-state index is 12.5. The van der Waals surface area contributed by atoms with Gasteiger partial charge in [0, 0.05) is 0 Å². The molecule has 0 aliphatic rings. The molecule has 3 atom stereocenters. The van der Waals surface area contributed by atoms with E-state index in [1.54, 1.807) is 6.08 Å². The second-order valence-corrected chi connectivity index (χ2v) is 16.7. The van der Waals surface area contributed by atoms with Crippen molar-refractivity contribution in [1.29, 1.82) is 0 Å². The zero-order chi connectivity index (χ0) is 39.4. The predicted molar refractivity (Wildman–Crippen MR) is 236 cm³/mol. The van der Waals surface area contributed by atoms with E-state index in [2.05, 4.69) is 31.3 Å². The summed E-state index contributed by atoms with van der Waals surface area (Å²) in [5.74, 6) is -0.502. The molecule has 0 spiro atoms. The Kier molecular flexibility index (Phi) is 43.6. The van der Waals surface area contributed by atoms with Crippen LogP contribution in [0.25, 0.3) is 0 Å². The number of carbonyl (C=O) groups excluding carboxylic acids is 1. The smallest absolute Gasteiger partial charge is 0.249 e. The van der Waals surface area contributed by atoms with Crippen LogP contribution in [0.5, 0.6) is 0 Å². The normalized spacial score (nSPS) is 13.6. The molecule has 0 fully saturated rings. The number of rotatable bonds is 44. The number of unbranched alkanes of at least 4 members (excludes halogenated alkanes) is 34. The van der Waals surface area contributed by atoms with Crippen LogP contribution in [0.1, 0.15) is 258 Å². The average Bonchev–Trinajstić information content (AvgIpc) is 3.18. The Balaban J connectivity index is 3.57. The van der Waals surface area contributed by atoms with Crippen molar-refractivity contribution in [3.05, 3.63) is 24.3 Å². The number of hydrogen-bond donors (Lipinski definition) is 4. The molecule has 4 N–H and O–H groups in total. The molecule has 0 radical (unpaired) electrons. The fourth-order valence-corrected chi connectivity index (χ4v) is 7.47. The molecule has 0 aromatic rings. The van der Waals surface area contributed by atoms with Crippen molar-refractivity contribution < 1.29 is 20.1 Å². The molecule has 0 aliphatic carbocycles. The van der Waals surface area contributed by atoms with Gasteiger partial charge in [0.2, 0.25) is 5.91 Å². The van der Waals surface area contributed by atoms with Crippen LogP contribution in [0, 0.1) is 0 Å². The lowest BCUT2D eigenvalue weighted by Crippen LogP contribution is -2.48. The fourth-order valence-electron chi connectivity index (χ4n) is 7.47. The minimum absolute atomic E-state index is 0.362. The van der Waals surface area contributed by atoms with E-state index >= 15 is 0 Å². The standard InChI is InChI=1S/C49H95NO4/c1-3-5-7-9-11-13-15-17-18-19-20-21-22-23-24-25-26-27-28-29-30-32-34-36-38-40-42-44-48(53)49(54)50-46(45-51)47(52)43-41-39-37-35-33-31-16-14-12-10-8-6-4-2/h23-24,41,43,46-48,51-53H,3-22,25-40,42,44-45H2,1-2H3,(H,50,54)/b24-23-,43-41+. The summed E-state index contributed by atoms with van der Waals surface area (Å²) in [7, 11) is 0. The molecule has 1 amide bonds. The molecule has 0 aliphatic heterocycles. The third-order valence-corrected chi connectivity index (χ3v) is 11.3. The van der Waals surface area contributed by atoms with Crippen molar-refractivity contribution in [2.75, 3.05) is 6.61 Å². The number of allylic oxidation sites excluding steroid dienone is 3. The van der Waals surface area contributed by atoms with Gasteiger partial charge in [0.25, 0.3) is 0 Å². The van der Waals surface area contributed by atoms with Gasteiger partial charge in [-0.1, -0.05) is 237 Å². The summed E-state index contributed by atoms with van der Waals surface area (Å²) in [5.41, 5.74) is 0. The van der Waals surface area contributed by atoms with E-state index in [4.69, 9.17) is 0 Å². The molecule has 0 saturated carbocycles. The predicted octanol–water partition coefficient (Wildman–Crippen LogP) is 14.2. The minimum atomic E-state index is -1.10. The molecule has 54 heavy (non-hydrogen) atoms. The molecule has 0 saturated heterocycles. The lowest BCUT2D eigenvalue weighted by molar-refractivity contribution is -0.131. The first-order valence-electron chi connectivity index (χ1n) is 24.2. The van der Waals surface area contributed by atoms with Gasteiger partial charge in [0.05, 0.1) is 18.8 Å². The van der Waals surface area contributed by atoms with Crippen molar-refractivity contribution in [3.63, 3.8) is 0 Å². The minimum Gasteiger partial charge on any atom is -0.394 e. The van der Waals surface area contributed by atoms with E-state index in [1.807, 2.05) is 6.08 Å².